The highest BCUT2D eigenvalue weighted by Gasteiger charge is 2.20. The van der Waals surface area contributed by atoms with Crippen LogP contribution in [0.5, 0.6) is 5.75 Å². The Morgan fingerprint density at radius 3 is 2.93 bits per heavy atom. The lowest BCUT2D eigenvalue weighted by atomic mass is 10.4. The number of pyridine rings is 1. The first kappa shape index (κ1) is 10.9. The number of aromatic nitrogens is 1. The van der Waals surface area contributed by atoms with Crippen molar-refractivity contribution in [3.8, 4) is 5.75 Å². The lowest BCUT2D eigenvalue weighted by Gasteiger charge is -2.09. The van der Waals surface area contributed by atoms with Crippen molar-refractivity contribution in [2.75, 3.05) is 0 Å². The summed E-state index contributed by atoms with van der Waals surface area (Å²) in [7, 11) is 0. The minimum Gasteiger partial charge on any atom is -0.479 e. The number of rotatable bonds is 4. The van der Waals surface area contributed by atoms with E-state index in [1.807, 2.05) is 0 Å². The van der Waals surface area contributed by atoms with Gasteiger partial charge in [0.25, 0.3) is 0 Å². The zero-order valence-electron chi connectivity index (χ0n) is 7.78. The zero-order valence-corrected chi connectivity index (χ0v) is 7.78. The van der Waals surface area contributed by atoms with Crippen molar-refractivity contribution in [3.63, 3.8) is 0 Å². The van der Waals surface area contributed by atoms with Crippen LogP contribution < -0.4 is 4.74 Å². The van der Waals surface area contributed by atoms with Crippen molar-refractivity contribution >= 4 is 11.8 Å². The van der Waals surface area contributed by atoms with E-state index in [-0.39, 0.29) is 5.75 Å². The van der Waals surface area contributed by atoms with Crippen molar-refractivity contribution in [1.82, 2.24) is 4.98 Å². The molecule has 0 amide bonds. The molecule has 0 saturated heterocycles. The smallest absolute Gasteiger partial charge is 0.406 e. The van der Waals surface area contributed by atoms with E-state index in [4.69, 9.17) is 9.84 Å². The van der Waals surface area contributed by atoms with Gasteiger partial charge in [0.05, 0.1) is 0 Å². The molecule has 1 heterocycles. The Morgan fingerprint density at radius 1 is 1.73 bits per heavy atom. The number of nitro groups is 1. The molecule has 15 heavy (non-hydrogen) atoms. The van der Waals surface area contributed by atoms with E-state index in [0.29, 0.717) is 0 Å². The van der Waals surface area contributed by atoms with Crippen molar-refractivity contribution in [1.29, 1.82) is 0 Å². The van der Waals surface area contributed by atoms with Crippen LogP contribution in [0.25, 0.3) is 0 Å². The Bertz CT molecular complexity index is 392. The maximum atomic E-state index is 10.5. The van der Waals surface area contributed by atoms with Crippen molar-refractivity contribution in [3.05, 3.63) is 28.4 Å². The van der Waals surface area contributed by atoms with E-state index in [1.54, 1.807) is 0 Å². The van der Waals surface area contributed by atoms with E-state index < -0.39 is 22.8 Å². The number of aliphatic carboxylic acids is 1. The van der Waals surface area contributed by atoms with Gasteiger partial charge in [0, 0.05) is 0 Å². The largest absolute Gasteiger partial charge is 0.479 e. The SMILES string of the molecule is C[C@@H](Oc1cccnc1[N+](=O)[O-])C(=O)O. The third-order valence-electron chi connectivity index (χ3n) is 1.58. The maximum Gasteiger partial charge on any atom is 0.406 e. The van der Waals surface area contributed by atoms with Gasteiger partial charge >= 0.3 is 11.8 Å². The predicted molar refractivity (Wildman–Crippen MR) is 48.6 cm³/mol. The summed E-state index contributed by atoms with van der Waals surface area (Å²) in [6.45, 7) is 1.28. The highest BCUT2D eigenvalue weighted by atomic mass is 16.6. The van der Waals surface area contributed by atoms with Crippen LogP contribution >= 0.6 is 0 Å². The molecule has 80 valence electrons. The summed E-state index contributed by atoms with van der Waals surface area (Å²) in [5.41, 5.74) is 0. The van der Waals surface area contributed by atoms with Gasteiger partial charge in [-0.3, -0.25) is 0 Å². The van der Waals surface area contributed by atoms with Crippen LogP contribution in [0.1, 0.15) is 6.92 Å². The number of carboxylic acid groups (broad SMARTS) is 1. The van der Waals surface area contributed by atoms with Crippen LogP contribution in [0.4, 0.5) is 5.82 Å². The fourth-order valence-electron chi connectivity index (χ4n) is 0.852. The molecule has 0 radical (unpaired) electrons. The summed E-state index contributed by atoms with van der Waals surface area (Å²) >= 11 is 0. The van der Waals surface area contributed by atoms with Crippen molar-refractivity contribution < 1.29 is 19.6 Å². The molecule has 1 atom stereocenters. The Hall–Kier alpha value is -2.18. The second-order valence-corrected chi connectivity index (χ2v) is 2.68. The Labute approximate surface area is 84.5 Å². The van der Waals surface area contributed by atoms with Gasteiger partial charge in [-0.2, -0.15) is 0 Å². The summed E-state index contributed by atoms with van der Waals surface area (Å²) in [5.74, 6) is -1.85. The third kappa shape index (κ3) is 2.63. The molecule has 0 unspecified atom stereocenters. The van der Waals surface area contributed by atoms with E-state index in [0.717, 1.165) is 0 Å². The summed E-state index contributed by atoms with van der Waals surface area (Å²) in [4.78, 5) is 23.7. The predicted octanol–water partition coefficient (Wildman–Crippen LogP) is 0.842. The molecule has 1 N–H and O–H groups in total. The first-order valence-corrected chi connectivity index (χ1v) is 4.01. The van der Waals surface area contributed by atoms with E-state index >= 15 is 0 Å². The van der Waals surface area contributed by atoms with Crippen molar-refractivity contribution in [2.24, 2.45) is 0 Å². The Kier molecular flexibility index (Phi) is 3.17. The lowest BCUT2D eigenvalue weighted by molar-refractivity contribution is -0.390. The minimum atomic E-state index is -1.20. The average Bonchev–Trinajstić information content (AvgIpc) is 2.18. The maximum absolute atomic E-state index is 10.5. The number of hydrogen-bond donors (Lipinski definition) is 1. The topological polar surface area (TPSA) is 103 Å². The second-order valence-electron chi connectivity index (χ2n) is 2.68. The molecule has 0 bridgehead atoms. The highest BCUT2D eigenvalue weighted by Crippen LogP contribution is 2.23. The second kappa shape index (κ2) is 4.36. The molecule has 0 aliphatic carbocycles. The molecular weight excluding hydrogens is 204 g/mol. The summed E-state index contributed by atoms with van der Waals surface area (Å²) in [6, 6.07) is 2.72. The standard InChI is InChI=1S/C8H8N2O5/c1-5(8(11)12)15-6-3-2-4-9-7(6)10(13)14/h2-5H,1H3,(H,11,12)/t5-/m1/s1. The molecule has 1 aromatic heterocycles. The molecule has 1 rings (SSSR count). The molecule has 0 aromatic carbocycles. The van der Waals surface area contributed by atoms with Crippen LogP contribution in [0.3, 0.4) is 0 Å². The number of nitrogens with zero attached hydrogens (tertiary/aromatic N) is 2. The molecule has 7 nitrogen and oxygen atoms in total. The van der Waals surface area contributed by atoms with Gasteiger partial charge in [0.15, 0.2) is 6.10 Å². The highest BCUT2D eigenvalue weighted by molar-refractivity contribution is 5.72. The van der Waals surface area contributed by atoms with Gasteiger partial charge in [-0.15, -0.1) is 0 Å². The van der Waals surface area contributed by atoms with Gasteiger partial charge in [-0.05, 0) is 29.0 Å². The molecule has 0 aliphatic rings. The summed E-state index contributed by atoms with van der Waals surface area (Å²) < 4.78 is 4.86. The fourth-order valence-corrected chi connectivity index (χ4v) is 0.852. The number of carbonyl (C=O) groups is 1. The summed E-state index contributed by atoms with van der Waals surface area (Å²) in [6.07, 6.45) is 0.0732. The van der Waals surface area contributed by atoms with E-state index in [1.165, 1.54) is 25.3 Å². The van der Waals surface area contributed by atoms with Crippen LogP contribution in [-0.2, 0) is 4.79 Å². The fraction of sp³-hybridized carbons (Fsp3) is 0.250. The number of hydrogen-bond acceptors (Lipinski definition) is 5. The Morgan fingerprint density at radius 2 is 2.40 bits per heavy atom. The molecule has 0 fully saturated rings. The molecule has 7 heteroatoms. The first-order valence-electron chi connectivity index (χ1n) is 4.01. The van der Waals surface area contributed by atoms with E-state index in [2.05, 4.69) is 4.98 Å². The average molecular weight is 212 g/mol. The van der Waals surface area contributed by atoms with Crippen LogP contribution in [0, 0.1) is 10.1 Å². The number of ether oxygens (including phenoxy) is 1. The van der Waals surface area contributed by atoms with Crippen LogP contribution in [0.2, 0.25) is 0 Å². The number of carboxylic acids is 1. The molecule has 0 spiro atoms. The monoisotopic (exact) mass is 212 g/mol. The lowest BCUT2D eigenvalue weighted by Crippen LogP contribution is -2.23. The van der Waals surface area contributed by atoms with E-state index in [9.17, 15) is 14.9 Å². The molecule has 0 aliphatic heterocycles. The minimum absolute atomic E-state index is 0.155. The van der Waals surface area contributed by atoms with Crippen LogP contribution in [0.15, 0.2) is 18.3 Å². The molecular formula is C8H8N2O5. The van der Waals surface area contributed by atoms with Crippen molar-refractivity contribution in [2.45, 2.75) is 13.0 Å². The Balaban J connectivity index is 2.94. The first-order chi connectivity index (χ1) is 7.02. The van der Waals surface area contributed by atoms with Gasteiger partial charge in [0.1, 0.15) is 6.20 Å². The van der Waals surface area contributed by atoms with Gasteiger partial charge < -0.3 is 20.0 Å². The van der Waals surface area contributed by atoms with Crippen LogP contribution in [-0.4, -0.2) is 27.1 Å². The zero-order chi connectivity index (χ0) is 11.4. The normalized spacial score (nSPS) is 11.8. The van der Waals surface area contributed by atoms with Gasteiger partial charge in [-0.1, -0.05) is 0 Å². The van der Waals surface area contributed by atoms with Gasteiger partial charge in [-0.25, -0.2) is 4.79 Å². The third-order valence-corrected chi connectivity index (χ3v) is 1.58. The quantitative estimate of drug-likeness (QED) is 0.586. The molecule has 0 saturated carbocycles. The summed E-state index contributed by atoms with van der Waals surface area (Å²) in [5, 5.41) is 19.0. The van der Waals surface area contributed by atoms with Gasteiger partial charge in [0.2, 0.25) is 5.75 Å². The molecule has 1 aromatic rings.